The number of likely N-dealkylation sites (tertiary alicyclic amines) is 1. The van der Waals surface area contributed by atoms with Crippen molar-refractivity contribution in [2.24, 2.45) is 16.6 Å². The Morgan fingerprint density at radius 1 is 1.22 bits per heavy atom. The molecule has 2 N–H and O–H groups in total. The third-order valence-electron chi connectivity index (χ3n) is 4.78. The van der Waals surface area contributed by atoms with Gasteiger partial charge in [-0.1, -0.05) is 13.8 Å². The lowest BCUT2D eigenvalue weighted by Crippen LogP contribution is -2.42. The number of allylic oxidation sites excluding steroid dienone is 1. The molecule has 0 spiro atoms. The molecule has 1 atom stereocenters. The molecule has 1 aliphatic rings. The summed E-state index contributed by atoms with van der Waals surface area (Å²) in [5, 5.41) is 0. The SMILES string of the molecule is CC(C)C(/C=C(\N)c1ccc(OC(F)(F)P)cc1)=NC1CCN(C(=O)OC(C)(C)C)CC1. The van der Waals surface area contributed by atoms with Gasteiger partial charge in [-0.25, -0.2) is 4.79 Å². The first-order valence-corrected chi connectivity index (χ1v) is 11.3. The number of rotatable bonds is 6. The molecule has 1 aromatic rings. The van der Waals surface area contributed by atoms with Gasteiger partial charge in [-0.3, -0.25) is 4.99 Å². The standard InChI is InChI=1S/C23H34F2N3O3P/c1-15(2)20(14-19(26)16-6-8-18(9-7-16)30-23(24,25)32)27-17-10-12-28(13-11-17)21(29)31-22(3,4)5/h6-9,14-15,17H,10-13,26,32H2,1-5H3/b19-14-,27-20?. The van der Waals surface area contributed by atoms with Crippen LogP contribution in [0.15, 0.2) is 35.3 Å². The lowest BCUT2D eigenvalue weighted by molar-refractivity contribution is -0.0892. The van der Waals surface area contributed by atoms with E-state index in [-0.39, 0.29) is 23.8 Å². The van der Waals surface area contributed by atoms with Gasteiger partial charge >= 0.3 is 11.9 Å². The fourth-order valence-corrected chi connectivity index (χ4v) is 3.32. The van der Waals surface area contributed by atoms with Gasteiger partial charge in [0.2, 0.25) is 0 Å². The summed E-state index contributed by atoms with van der Waals surface area (Å²) < 4.78 is 35.9. The highest BCUT2D eigenvalue weighted by molar-refractivity contribution is 7.17. The third kappa shape index (κ3) is 8.73. The Labute approximate surface area is 191 Å². The van der Waals surface area contributed by atoms with Gasteiger partial charge < -0.3 is 20.1 Å². The highest BCUT2D eigenvalue weighted by Gasteiger charge is 2.27. The van der Waals surface area contributed by atoms with Gasteiger partial charge in [-0.05, 0) is 84.7 Å². The minimum Gasteiger partial charge on any atom is -0.444 e. The van der Waals surface area contributed by atoms with Crippen molar-refractivity contribution in [1.82, 2.24) is 4.90 Å². The Balaban J connectivity index is 2.05. The molecule has 0 radical (unpaired) electrons. The number of nitrogens with two attached hydrogens (primary N) is 1. The van der Waals surface area contributed by atoms with E-state index in [9.17, 15) is 13.6 Å². The van der Waals surface area contributed by atoms with Crippen LogP contribution in [0.2, 0.25) is 0 Å². The number of carbonyl (C=O) groups excluding carboxylic acids is 1. The number of carbonyl (C=O) groups is 1. The monoisotopic (exact) mass is 469 g/mol. The van der Waals surface area contributed by atoms with Crippen LogP contribution < -0.4 is 10.5 Å². The van der Waals surface area contributed by atoms with Crippen LogP contribution >= 0.6 is 9.24 Å². The molecule has 1 heterocycles. The Bertz CT molecular complexity index is 836. The van der Waals surface area contributed by atoms with Gasteiger partial charge in [-0.15, -0.1) is 0 Å². The summed E-state index contributed by atoms with van der Waals surface area (Å²) in [4.78, 5) is 18.9. The average molecular weight is 470 g/mol. The van der Waals surface area contributed by atoms with E-state index in [1.807, 2.05) is 40.7 Å². The van der Waals surface area contributed by atoms with E-state index in [0.29, 0.717) is 24.4 Å². The Kier molecular flexibility index (Phi) is 8.63. The highest BCUT2D eigenvalue weighted by Crippen LogP contribution is 2.28. The highest BCUT2D eigenvalue weighted by atomic mass is 31.0. The zero-order valence-electron chi connectivity index (χ0n) is 19.4. The van der Waals surface area contributed by atoms with Crippen LogP contribution in [0.25, 0.3) is 5.70 Å². The quantitative estimate of drug-likeness (QED) is 0.454. The van der Waals surface area contributed by atoms with E-state index in [1.54, 1.807) is 17.0 Å². The second-order valence-electron chi connectivity index (χ2n) is 9.20. The number of halogens is 2. The fourth-order valence-electron chi connectivity index (χ4n) is 3.18. The first kappa shape index (κ1) is 26.0. The van der Waals surface area contributed by atoms with E-state index in [4.69, 9.17) is 15.5 Å². The molecule has 0 bridgehead atoms. The maximum absolute atomic E-state index is 13.0. The molecule has 0 aliphatic carbocycles. The summed E-state index contributed by atoms with van der Waals surface area (Å²) in [5.74, 6) is -3.12. The van der Waals surface area contributed by atoms with Crippen molar-refractivity contribution in [3.05, 3.63) is 35.9 Å². The molecule has 9 heteroatoms. The number of aliphatic imine (C=N–C) groups is 1. The molecule has 6 nitrogen and oxygen atoms in total. The summed E-state index contributed by atoms with van der Waals surface area (Å²) in [7, 11) is 1.34. The minimum absolute atomic E-state index is 0.0519. The molecular formula is C23H34F2N3O3P. The van der Waals surface area contributed by atoms with E-state index in [2.05, 4.69) is 4.74 Å². The molecule has 32 heavy (non-hydrogen) atoms. The smallest absolute Gasteiger partial charge is 0.410 e. The molecule has 0 saturated carbocycles. The zero-order valence-corrected chi connectivity index (χ0v) is 20.6. The van der Waals surface area contributed by atoms with E-state index >= 15 is 0 Å². The van der Waals surface area contributed by atoms with Crippen molar-refractivity contribution in [3.63, 3.8) is 0 Å². The predicted molar refractivity (Wildman–Crippen MR) is 127 cm³/mol. The van der Waals surface area contributed by atoms with Crippen molar-refractivity contribution >= 4 is 26.7 Å². The largest absolute Gasteiger partial charge is 0.444 e. The van der Waals surface area contributed by atoms with Gasteiger partial charge in [0.05, 0.1) is 6.04 Å². The van der Waals surface area contributed by atoms with Gasteiger partial charge in [-0.2, -0.15) is 8.78 Å². The minimum atomic E-state index is -3.32. The predicted octanol–water partition coefficient (Wildman–Crippen LogP) is 5.29. The van der Waals surface area contributed by atoms with Crippen LogP contribution in [0, 0.1) is 5.92 Å². The molecule has 178 valence electrons. The van der Waals surface area contributed by atoms with Crippen molar-refractivity contribution in [2.45, 2.75) is 65.0 Å². The first-order chi connectivity index (χ1) is 14.7. The van der Waals surface area contributed by atoms with E-state index < -0.39 is 11.5 Å². The lowest BCUT2D eigenvalue weighted by atomic mass is 10.0. The van der Waals surface area contributed by atoms with Gasteiger partial charge in [0, 0.05) is 24.5 Å². The second kappa shape index (κ2) is 10.6. The van der Waals surface area contributed by atoms with Crippen LogP contribution in [0.4, 0.5) is 13.6 Å². The molecule has 1 aromatic carbocycles. The number of hydrogen-bond donors (Lipinski definition) is 1. The summed E-state index contributed by atoms with van der Waals surface area (Å²) in [5.41, 5.74) is 7.78. The Morgan fingerprint density at radius 2 is 1.78 bits per heavy atom. The van der Waals surface area contributed by atoms with Crippen LogP contribution in [0.5, 0.6) is 5.75 Å². The van der Waals surface area contributed by atoms with Crippen LogP contribution in [-0.4, -0.2) is 47.3 Å². The number of amides is 1. The van der Waals surface area contributed by atoms with Crippen LogP contribution in [0.1, 0.15) is 53.0 Å². The molecule has 1 aliphatic heterocycles. The third-order valence-corrected chi connectivity index (χ3v) is 4.90. The van der Waals surface area contributed by atoms with Gasteiger partial charge in [0.1, 0.15) is 11.4 Å². The zero-order chi connectivity index (χ0) is 24.1. The van der Waals surface area contributed by atoms with Crippen LogP contribution in [0.3, 0.4) is 0 Å². The van der Waals surface area contributed by atoms with Gasteiger partial charge in [0.25, 0.3) is 0 Å². The topological polar surface area (TPSA) is 77.2 Å². The molecule has 1 amide bonds. The first-order valence-electron chi connectivity index (χ1n) is 10.7. The van der Waals surface area contributed by atoms with Crippen LogP contribution in [-0.2, 0) is 4.74 Å². The van der Waals surface area contributed by atoms with E-state index in [0.717, 1.165) is 18.6 Å². The number of hydrogen-bond acceptors (Lipinski definition) is 5. The lowest BCUT2D eigenvalue weighted by Gasteiger charge is -2.32. The number of piperidine rings is 1. The summed E-state index contributed by atoms with van der Waals surface area (Å²) in [6.45, 7) is 10.8. The Hall–Kier alpha value is -2.21. The maximum atomic E-state index is 13.0. The molecule has 2 rings (SSSR count). The number of alkyl halides is 2. The number of ether oxygens (including phenoxy) is 2. The molecule has 1 fully saturated rings. The van der Waals surface area contributed by atoms with Crippen molar-refractivity contribution < 1.29 is 23.0 Å². The summed E-state index contributed by atoms with van der Waals surface area (Å²) in [6.07, 6.45) is 3.03. The summed E-state index contributed by atoms with van der Waals surface area (Å²) >= 11 is 0. The van der Waals surface area contributed by atoms with Crippen molar-refractivity contribution in [1.29, 1.82) is 0 Å². The maximum Gasteiger partial charge on any atom is 0.410 e. The molecular weight excluding hydrogens is 435 g/mol. The van der Waals surface area contributed by atoms with E-state index in [1.165, 1.54) is 21.4 Å². The molecule has 1 unspecified atom stereocenters. The number of nitrogens with zero attached hydrogens (tertiary/aromatic N) is 2. The Morgan fingerprint density at radius 3 is 2.25 bits per heavy atom. The average Bonchev–Trinajstić information content (AvgIpc) is 2.65. The number of benzene rings is 1. The van der Waals surface area contributed by atoms with Crippen molar-refractivity contribution in [2.75, 3.05) is 13.1 Å². The molecule has 0 aromatic heterocycles. The fraction of sp³-hybridized carbons (Fsp3) is 0.565. The molecule has 1 saturated heterocycles. The second-order valence-corrected chi connectivity index (χ2v) is 9.87. The van der Waals surface area contributed by atoms with Crippen molar-refractivity contribution in [3.8, 4) is 5.75 Å². The van der Waals surface area contributed by atoms with Gasteiger partial charge in [0.15, 0.2) is 0 Å². The summed E-state index contributed by atoms with van der Waals surface area (Å²) in [6, 6.07) is 6.26. The normalized spacial score (nSPS) is 17.0.